The van der Waals surface area contributed by atoms with E-state index in [2.05, 4.69) is 29.6 Å². The van der Waals surface area contributed by atoms with Gasteiger partial charge in [0.05, 0.1) is 12.7 Å². The summed E-state index contributed by atoms with van der Waals surface area (Å²) in [6.07, 6.45) is 2.66. The summed E-state index contributed by atoms with van der Waals surface area (Å²) in [6, 6.07) is 24.9. The van der Waals surface area contributed by atoms with Gasteiger partial charge in [-0.15, -0.1) is 0 Å². The minimum atomic E-state index is -4.60. The van der Waals surface area contributed by atoms with Gasteiger partial charge < -0.3 is 19.9 Å². The second-order valence-corrected chi connectivity index (χ2v) is 11.0. The minimum Gasteiger partial charge on any atom is -0.497 e. The number of carboxylic acids is 1. The first-order valence-electron chi connectivity index (χ1n) is 15.3. The summed E-state index contributed by atoms with van der Waals surface area (Å²) < 4.78 is 51.8. The fourth-order valence-corrected chi connectivity index (χ4v) is 5.22. The quantitative estimate of drug-likeness (QED) is 0.121. The van der Waals surface area contributed by atoms with E-state index in [0.717, 1.165) is 57.1 Å². The van der Waals surface area contributed by atoms with Crippen molar-refractivity contribution < 1.29 is 37.3 Å². The summed E-state index contributed by atoms with van der Waals surface area (Å²) in [5.74, 6) is -1.03. The molecule has 6 nitrogen and oxygen atoms in total. The summed E-state index contributed by atoms with van der Waals surface area (Å²) in [6.45, 7) is -0.288. The Labute approximate surface area is 267 Å². The van der Waals surface area contributed by atoms with Crippen molar-refractivity contribution in [1.82, 2.24) is 5.32 Å². The summed E-state index contributed by atoms with van der Waals surface area (Å²) in [4.78, 5) is 24.8. The maximum Gasteiger partial charge on any atom is 0.416 e. The van der Waals surface area contributed by atoms with Crippen molar-refractivity contribution in [1.29, 1.82) is 0 Å². The summed E-state index contributed by atoms with van der Waals surface area (Å²) >= 11 is 0. The van der Waals surface area contributed by atoms with Crippen LogP contribution in [-0.2, 0) is 17.4 Å². The maximum absolute atomic E-state index is 13.6. The Balaban J connectivity index is 1.52. The summed E-state index contributed by atoms with van der Waals surface area (Å²) in [5, 5.41) is 12.3. The summed E-state index contributed by atoms with van der Waals surface area (Å²) in [5.41, 5.74) is 1.90. The number of halogens is 3. The molecule has 4 rings (SSSR count). The number of amides is 1. The molecule has 242 valence electrons. The SMILES string of the molecule is COc1ccc(-c2cc(C(=O)NCCCCCCCCc3ccccc3)cc(-c3cccc(C(F)(F)F)c3)c2OCC(=O)O)cc1. The molecule has 0 unspecified atom stereocenters. The molecule has 0 aliphatic carbocycles. The number of aryl methyl sites for hydroxylation is 1. The molecule has 4 aromatic carbocycles. The molecule has 0 saturated carbocycles. The molecule has 0 aromatic heterocycles. The fourth-order valence-electron chi connectivity index (χ4n) is 5.22. The second kappa shape index (κ2) is 16.5. The Bertz CT molecular complexity index is 1590. The molecular weight excluding hydrogens is 595 g/mol. The first-order chi connectivity index (χ1) is 22.2. The number of alkyl halides is 3. The highest BCUT2D eigenvalue weighted by molar-refractivity contribution is 5.99. The van der Waals surface area contributed by atoms with Gasteiger partial charge >= 0.3 is 12.1 Å². The van der Waals surface area contributed by atoms with E-state index < -0.39 is 30.2 Å². The van der Waals surface area contributed by atoms with Gasteiger partial charge in [0.2, 0.25) is 0 Å². The molecule has 4 aromatic rings. The number of hydrogen-bond donors (Lipinski definition) is 2. The van der Waals surface area contributed by atoms with Crippen molar-refractivity contribution in [2.75, 3.05) is 20.3 Å². The first kappa shape index (κ1) is 34.1. The van der Waals surface area contributed by atoms with E-state index in [-0.39, 0.29) is 22.4 Å². The number of unbranched alkanes of at least 4 members (excludes halogenated alkanes) is 5. The molecule has 1 amide bonds. The summed E-state index contributed by atoms with van der Waals surface area (Å²) in [7, 11) is 1.51. The molecule has 9 heteroatoms. The lowest BCUT2D eigenvalue weighted by molar-refractivity contribution is -0.139. The van der Waals surface area contributed by atoms with E-state index in [4.69, 9.17) is 9.47 Å². The predicted octanol–water partition coefficient (Wildman–Crippen LogP) is 8.82. The van der Waals surface area contributed by atoms with Crippen LogP contribution in [0.15, 0.2) is 91.0 Å². The lowest BCUT2D eigenvalue weighted by Gasteiger charge is -2.19. The lowest BCUT2D eigenvalue weighted by atomic mass is 9.93. The van der Waals surface area contributed by atoms with Crippen LogP contribution in [0.1, 0.15) is 60.0 Å². The van der Waals surface area contributed by atoms with Gasteiger partial charge in [-0.3, -0.25) is 4.79 Å². The van der Waals surface area contributed by atoms with E-state index in [1.54, 1.807) is 30.3 Å². The Morgan fingerprint density at radius 1 is 0.761 bits per heavy atom. The number of carbonyl (C=O) groups is 2. The molecule has 0 atom stereocenters. The number of hydrogen-bond acceptors (Lipinski definition) is 4. The van der Waals surface area contributed by atoms with Crippen LogP contribution in [0, 0.1) is 0 Å². The number of methoxy groups -OCH3 is 1. The van der Waals surface area contributed by atoms with Gasteiger partial charge in [-0.1, -0.05) is 80.3 Å². The molecule has 0 heterocycles. The number of ether oxygens (including phenoxy) is 2. The van der Waals surface area contributed by atoms with Crippen LogP contribution in [0.2, 0.25) is 0 Å². The molecule has 0 spiro atoms. The molecule has 46 heavy (non-hydrogen) atoms. The molecule has 0 aliphatic rings. The largest absolute Gasteiger partial charge is 0.497 e. The Morgan fingerprint density at radius 2 is 1.41 bits per heavy atom. The Kier molecular flexibility index (Phi) is 12.2. The van der Waals surface area contributed by atoms with Crippen LogP contribution in [0.25, 0.3) is 22.3 Å². The lowest BCUT2D eigenvalue weighted by Crippen LogP contribution is -2.24. The smallest absolute Gasteiger partial charge is 0.416 e. The average Bonchev–Trinajstić information content (AvgIpc) is 3.06. The third-order valence-corrected chi connectivity index (χ3v) is 7.61. The standard InChI is InChI=1S/C37H38F3NO5/c1-45-31-19-17-27(18-20-31)32-23-29(36(44)41-21-10-5-3-2-4-7-12-26-13-8-6-9-14-26)24-33(35(32)46-25-34(42)43)28-15-11-16-30(22-28)37(38,39)40/h6,8-9,11,13-20,22-24H,2-5,7,10,12,21,25H2,1H3,(H,41,44)(H,42,43). The third kappa shape index (κ3) is 9.86. The number of carbonyl (C=O) groups excluding carboxylic acids is 1. The van der Waals surface area contributed by atoms with Gasteiger partial charge in [0.25, 0.3) is 5.91 Å². The zero-order chi connectivity index (χ0) is 32.9. The van der Waals surface area contributed by atoms with Gasteiger partial charge in [0, 0.05) is 23.2 Å². The molecule has 2 N–H and O–H groups in total. The molecule has 0 aliphatic heterocycles. The van der Waals surface area contributed by atoms with E-state index in [1.165, 1.54) is 30.9 Å². The monoisotopic (exact) mass is 633 g/mol. The van der Waals surface area contributed by atoms with Gasteiger partial charge in [0.1, 0.15) is 11.5 Å². The fraction of sp³-hybridized carbons (Fsp3) is 0.297. The van der Waals surface area contributed by atoms with Crippen molar-refractivity contribution in [3.8, 4) is 33.8 Å². The van der Waals surface area contributed by atoms with Crippen molar-refractivity contribution in [2.24, 2.45) is 0 Å². The van der Waals surface area contributed by atoms with Crippen molar-refractivity contribution in [3.05, 3.63) is 108 Å². The normalized spacial score (nSPS) is 11.2. The second-order valence-electron chi connectivity index (χ2n) is 11.0. The van der Waals surface area contributed by atoms with E-state index in [1.807, 2.05) is 6.07 Å². The van der Waals surface area contributed by atoms with E-state index in [9.17, 15) is 27.9 Å². The van der Waals surface area contributed by atoms with Gasteiger partial charge in [0.15, 0.2) is 6.61 Å². The van der Waals surface area contributed by atoms with Gasteiger partial charge in [-0.05, 0) is 72.4 Å². The number of aliphatic carboxylic acids is 1. The van der Waals surface area contributed by atoms with Crippen LogP contribution in [0.3, 0.4) is 0 Å². The van der Waals surface area contributed by atoms with E-state index in [0.29, 0.717) is 23.4 Å². The zero-order valence-electron chi connectivity index (χ0n) is 25.7. The highest BCUT2D eigenvalue weighted by Gasteiger charge is 2.31. The number of rotatable bonds is 16. The third-order valence-electron chi connectivity index (χ3n) is 7.61. The molecule has 0 saturated heterocycles. The highest BCUT2D eigenvalue weighted by Crippen LogP contribution is 2.42. The topological polar surface area (TPSA) is 84.9 Å². The van der Waals surface area contributed by atoms with E-state index >= 15 is 0 Å². The zero-order valence-corrected chi connectivity index (χ0v) is 25.7. The van der Waals surface area contributed by atoms with Crippen LogP contribution >= 0.6 is 0 Å². The molecule has 0 radical (unpaired) electrons. The van der Waals surface area contributed by atoms with Crippen molar-refractivity contribution in [2.45, 2.75) is 51.1 Å². The van der Waals surface area contributed by atoms with Crippen molar-refractivity contribution >= 4 is 11.9 Å². The maximum atomic E-state index is 13.6. The molecular formula is C37H38F3NO5. The number of nitrogens with one attached hydrogen (secondary N) is 1. The number of benzene rings is 4. The van der Waals surface area contributed by atoms with Crippen LogP contribution in [0.4, 0.5) is 13.2 Å². The van der Waals surface area contributed by atoms with Crippen LogP contribution < -0.4 is 14.8 Å². The van der Waals surface area contributed by atoms with Crippen LogP contribution in [0.5, 0.6) is 11.5 Å². The highest BCUT2D eigenvalue weighted by atomic mass is 19.4. The minimum absolute atomic E-state index is 0.0516. The Morgan fingerprint density at radius 3 is 2.07 bits per heavy atom. The van der Waals surface area contributed by atoms with Gasteiger partial charge in [-0.25, -0.2) is 4.79 Å². The Hall–Kier alpha value is -4.79. The predicted molar refractivity (Wildman–Crippen MR) is 172 cm³/mol. The average molecular weight is 634 g/mol. The van der Waals surface area contributed by atoms with Crippen LogP contribution in [-0.4, -0.2) is 37.2 Å². The molecule has 0 fully saturated rings. The number of carboxylic acid groups (broad SMARTS) is 1. The van der Waals surface area contributed by atoms with Crippen molar-refractivity contribution in [3.63, 3.8) is 0 Å². The molecule has 0 bridgehead atoms. The van der Waals surface area contributed by atoms with Gasteiger partial charge in [-0.2, -0.15) is 13.2 Å². The first-order valence-corrected chi connectivity index (χ1v) is 15.3.